The summed E-state index contributed by atoms with van der Waals surface area (Å²) in [6, 6.07) is 1.18. The lowest BCUT2D eigenvalue weighted by Crippen LogP contribution is -2.12. The fourth-order valence-electron chi connectivity index (χ4n) is 2.15. The molecule has 1 aromatic rings. The van der Waals surface area contributed by atoms with Gasteiger partial charge in [0.25, 0.3) is 0 Å². The quantitative estimate of drug-likeness (QED) is 0.850. The molecule has 1 aliphatic carbocycles. The smallest absolute Gasteiger partial charge is 0.373 e. The zero-order chi connectivity index (χ0) is 11.8. The molecule has 0 aromatic carbocycles. The Balaban J connectivity index is 2.32. The molecule has 2 rings (SSSR count). The standard InChI is InChI=1S/C10H14F3N3/c1-14-9-6-8(10(11,12)13)15-16(9)7-4-2-3-5-7/h6-7,14H,2-5H2,1H3. The molecule has 0 saturated heterocycles. The van der Waals surface area contributed by atoms with Crippen molar-refractivity contribution in [3.05, 3.63) is 11.8 Å². The van der Waals surface area contributed by atoms with Crippen LogP contribution in [0.3, 0.4) is 0 Å². The first kappa shape index (κ1) is 11.3. The van der Waals surface area contributed by atoms with Gasteiger partial charge in [0.2, 0.25) is 0 Å². The van der Waals surface area contributed by atoms with Gasteiger partial charge in [0, 0.05) is 13.1 Å². The number of rotatable bonds is 2. The molecule has 1 N–H and O–H groups in total. The number of hydrogen-bond donors (Lipinski definition) is 1. The van der Waals surface area contributed by atoms with Gasteiger partial charge in [-0.3, -0.25) is 0 Å². The minimum absolute atomic E-state index is 0.110. The maximum Gasteiger partial charge on any atom is 0.435 e. The van der Waals surface area contributed by atoms with Crippen LogP contribution in [0.5, 0.6) is 0 Å². The van der Waals surface area contributed by atoms with Crippen molar-refractivity contribution in [1.29, 1.82) is 0 Å². The Morgan fingerprint density at radius 1 is 1.38 bits per heavy atom. The zero-order valence-electron chi connectivity index (χ0n) is 9.01. The summed E-state index contributed by atoms with van der Waals surface area (Å²) in [5.74, 6) is 0.444. The Morgan fingerprint density at radius 2 is 2.00 bits per heavy atom. The number of nitrogens with one attached hydrogen (secondary N) is 1. The highest BCUT2D eigenvalue weighted by atomic mass is 19.4. The monoisotopic (exact) mass is 233 g/mol. The molecular weight excluding hydrogens is 219 g/mol. The Labute approximate surface area is 91.6 Å². The lowest BCUT2D eigenvalue weighted by atomic mass is 10.2. The van der Waals surface area contributed by atoms with Crippen molar-refractivity contribution in [2.45, 2.75) is 37.9 Å². The SMILES string of the molecule is CNc1cc(C(F)(F)F)nn1C1CCCC1. The lowest BCUT2D eigenvalue weighted by molar-refractivity contribution is -0.141. The van der Waals surface area contributed by atoms with Gasteiger partial charge in [0.1, 0.15) is 5.82 Å². The van der Waals surface area contributed by atoms with Crippen LogP contribution in [0.25, 0.3) is 0 Å². The van der Waals surface area contributed by atoms with Gasteiger partial charge in [-0.2, -0.15) is 18.3 Å². The minimum Gasteiger partial charge on any atom is -0.373 e. The number of anilines is 1. The van der Waals surface area contributed by atoms with Gasteiger partial charge in [-0.1, -0.05) is 12.8 Å². The van der Waals surface area contributed by atoms with E-state index in [1.165, 1.54) is 4.68 Å². The van der Waals surface area contributed by atoms with Crippen LogP contribution in [0, 0.1) is 0 Å². The average Bonchev–Trinajstić information content (AvgIpc) is 2.85. The van der Waals surface area contributed by atoms with Gasteiger partial charge >= 0.3 is 6.18 Å². The predicted molar refractivity (Wildman–Crippen MR) is 54.3 cm³/mol. The van der Waals surface area contributed by atoms with Crippen LogP contribution in [-0.2, 0) is 6.18 Å². The molecule has 0 spiro atoms. The van der Waals surface area contributed by atoms with Crippen LogP contribution >= 0.6 is 0 Å². The van der Waals surface area contributed by atoms with Crippen molar-refractivity contribution in [1.82, 2.24) is 9.78 Å². The number of halogens is 3. The van der Waals surface area contributed by atoms with Crippen LogP contribution in [0.15, 0.2) is 6.07 Å². The molecule has 1 heterocycles. The zero-order valence-corrected chi connectivity index (χ0v) is 9.01. The van der Waals surface area contributed by atoms with Crippen LogP contribution in [0.4, 0.5) is 19.0 Å². The van der Waals surface area contributed by atoms with E-state index < -0.39 is 11.9 Å². The number of alkyl halides is 3. The highest BCUT2D eigenvalue weighted by Crippen LogP contribution is 2.35. The summed E-state index contributed by atoms with van der Waals surface area (Å²) in [5.41, 5.74) is -0.816. The van der Waals surface area contributed by atoms with Crippen LogP contribution in [-0.4, -0.2) is 16.8 Å². The van der Waals surface area contributed by atoms with Gasteiger partial charge in [0.15, 0.2) is 5.69 Å². The second-order valence-electron chi connectivity index (χ2n) is 4.05. The highest BCUT2D eigenvalue weighted by Gasteiger charge is 2.36. The van der Waals surface area contributed by atoms with E-state index in [2.05, 4.69) is 10.4 Å². The molecule has 16 heavy (non-hydrogen) atoms. The topological polar surface area (TPSA) is 29.9 Å². The molecule has 1 saturated carbocycles. The molecule has 1 aliphatic rings. The third-order valence-corrected chi connectivity index (χ3v) is 2.95. The molecule has 0 atom stereocenters. The van der Waals surface area contributed by atoms with Gasteiger partial charge in [-0.05, 0) is 12.8 Å². The second-order valence-corrected chi connectivity index (χ2v) is 4.05. The normalized spacial score (nSPS) is 18.0. The fourth-order valence-corrected chi connectivity index (χ4v) is 2.15. The summed E-state index contributed by atoms with van der Waals surface area (Å²) in [4.78, 5) is 0. The Hall–Kier alpha value is -1.20. The molecule has 3 nitrogen and oxygen atoms in total. The van der Waals surface area contributed by atoms with Crippen molar-refractivity contribution in [2.24, 2.45) is 0 Å². The van der Waals surface area contributed by atoms with Crippen molar-refractivity contribution in [3.63, 3.8) is 0 Å². The lowest BCUT2D eigenvalue weighted by Gasteiger charge is -2.13. The number of nitrogens with zero attached hydrogens (tertiary/aromatic N) is 2. The molecular formula is C10H14F3N3. The summed E-state index contributed by atoms with van der Waals surface area (Å²) in [6.07, 6.45) is -0.416. The predicted octanol–water partition coefficient (Wildman–Crippen LogP) is 3.06. The molecule has 90 valence electrons. The van der Waals surface area contributed by atoms with Gasteiger partial charge in [-0.15, -0.1) is 0 Å². The summed E-state index contributed by atoms with van der Waals surface area (Å²) >= 11 is 0. The van der Waals surface area contributed by atoms with Crippen molar-refractivity contribution in [2.75, 3.05) is 12.4 Å². The maximum absolute atomic E-state index is 12.5. The van der Waals surface area contributed by atoms with E-state index in [0.717, 1.165) is 31.7 Å². The fraction of sp³-hybridized carbons (Fsp3) is 0.700. The van der Waals surface area contributed by atoms with Crippen molar-refractivity contribution >= 4 is 5.82 Å². The van der Waals surface area contributed by atoms with Crippen LogP contribution in [0.1, 0.15) is 37.4 Å². The molecule has 0 aliphatic heterocycles. The first-order valence-corrected chi connectivity index (χ1v) is 5.37. The molecule has 0 amide bonds. The Kier molecular flexibility index (Phi) is 2.82. The van der Waals surface area contributed by atoms with Crippen molar-refractivity contribution < 1.29 is 13.2 Å². The van der Waals surface area contributed by atoms with Gasteiger partial charge in [0.05, 0.1) is 6.04 Å². The third-order valence-electron chi connectivity index (χ3n) is 2.95. The van der Waals surface area contributed by atoms with Crippen molar-refractivity contribution in [3.8, 4) is 0 Å². The summed E-state index contributed by atoms with van der Waals surface area (Å²) < 4.78 is 39.0. The van der Waals surface area contributed by atoms with E-state index in [9.17, 15) is 13.2 Å². The van der Waals surface area contributed by atoms with Gasteiger partial charge < -0.3 is 5.32 Å². The first-order chi connectivity index (χ1) is 7.52. The molecule has 6 heteroatoms. The molecule has 1 fully saturated rings. The summed E-state index contributed by atoms with van der Waals surface area (Å²) in [7, 11) is 1.61. The second kappa shape index (κ2) is 3.99. The van der Waals surface area contributed by atoms with E-state index >= 15 is 0 Å². The molecule has 0 bridgehead atoms. The Bertz CT molecular complexity index is 364. The van der Waals surface area contributed by atoms with Gasteiger partial charge in [-0.25, -0.2) is 4.68 Å². The molecule has 0 radical (unpaired) electrons. The van der Waals surface area contributed by atoms with E-state index in [1.54, 1.807) is 7.05 Å². The van der Waals surface area contributed by atoms with Crippen LogP contribution < -0.4 is 5.32 Å². The van der Waals surface area contributed by atoms with E-state index in [4.69, 9.17) is 0 Å². The highest BCUT2D eigenvalue weighted by molar-refractivity contribution is 5.37. The van der Waals surface area contributed by atoms with E-state index in [0.29, 0.717) is 5.82 Å². The summed E-state index contributed by atoms with van der Waals surface area (Å²) in [5, 5.41) is 6.43. The summed E-state index contributed by atoms with van der Waals surface area (Å²) in [6.45, 7) is 0. The third kappa shape index (κ3) is 2.01. The Morgan fingerprint density at radius 3 is 2.50 bits per heavy atom. The van der Waals surface area contributed by atoms with E-state index in [-0.39, 0.29) is 6.04 Å². The molecule has 0 unspecified atom stereocenters. The minimum atomic E-state index is -4.37. The average molecular weight is 233 g/mol. The number of aromatic nitrogens is 2. The maximum atomic E-state index is 12.5. The van der Waals surface area contributed by atoms with E-state index in [1.807, 2.05) is 0 Å². The molecule has 1 aromatic heterocycles. The first-order valence-electron chi connectivity index (χ1n) is 5.37. The largest absolute Gasteiger partial charge is 0.435 e. The number of hydrogen-bond acceptors (Lipinski definition) is 2. The van der Waals surface area contributed by atoms with Crippen LogP contribution in [0.2, 0.25) is 0 Å².